The summed E-state index contributed by atoms with van der Waals surface area (Å²) in [4.78, 5) is 8.11. The third-order valence-electron chi connectivity index (χ3n) is 1.67. The summed E-state index contributed by atoms with van der Waals surface area (Å²) in [6, 6.07) is 3.77. The molecule has 0 aliphatic carbocycles. The summed E-state index contributed by atoms with van der Waals surface area (Å²) < 4.78 is 1.78. The molecule has 4 heteroatoms. The molecular weight excluding hydrogens is 176 g/mol. The third kappa shape index (κ3) is 1.41. The number of nitrogens with zero attached hydrogens (tertiary/aromatic N) is 4. The van der Waals surface area contributed by atoms with Crippen LogP contribution in [0.1, 0.15) is 12.1 Å². The number of imidazole rings is 1. The van der Waals surface area contributed by atoms with Crippen molar-refractivity contribution >= 4 is 5.78 Å². The summed E-state index contributed by atoms with van der Waals surface area (Å²) in [5.74, 6) is 6.21. The Hall–Kier alpha value is -2.33. The smallest absolute Gasteiger partial charge is 0.234 e. The molecule has 2 rings (SSSR count). The molecule has 0 atom stereocenters. The van der Waals surface area contributed by atoms with E-state index in [2.05, 4.69) is 21.8 Å². The molecule has 66 valence electrons. The molecule has 0 bridgehead atoms. The molecule has 0 radical (unpaired) electrons. The highest BCUT2D eigenvalue weighted by Crippen LogP contribution is 2.01. The zero-order valence-electron chi connectivity index (χ0n) is 7.31. The number of hydrogen-bond acceptors (Lipinski definition) is 3. The van der Waals surface area contributed by atoms with Crippen molar-refractivity contribution in [3.05, 3.63) is 30.4 Å². The van der Waals surface area contributed by atoms with Crippen molar-refractivity contribution in [2.75, 3.05) is 0 Å². The Morgan fingerprint density at radius 2 is 2.36 bits per heavy atom. The van der Waals surface area contributed by atoms with Gasteiger partial charge in [0.15, 0.2) is 0 Å². The molecule has 0 saturated heterocycles. The first kappa shape index (κ1) is 8.28. The van der Waals surface area contributed by atoms with Crippen LogP contribution in [0, 0.1) is 23.2 Å². The standard InChI is InChI=1S/C10H6N4/c11-5-2-1-4-9-8-13-10-12-6-3-7-14(9)10/h3,6-8H,2H2. The maximum absolute atomic E-state index is 8.32. The minimum absolute atomic E-state index is 0.230. The third-order valence-corrected chi connectivity index (χ3v) is 1.67. The van der Waals surface area contributed by atoms with E-state index in [-0.39, 0.29) is 6.42 Å². The van der Waals surface area contributed by atoms with Crippen LogP contribution in [0.15, 0.2) is 24.7 Å². The molecule has 0 unspecified atom stereocenters. The van der Waals surface area contributed by atoms with E-state index in [1.54, 1.807) is 16.8 Å². The highest BCUT2D eigenvalue weighted by Gasteiger charge is 1.98. The fourth-order valence-electron chi connectivity index (χ4n) is 1.09. The van der Waals surface area contributed by atoms with Crippen LogP contribution >= 0.6 is 0 Å². The maximum atomic E-state index is 8.32. The lowest BCUT2D eigenvalue weighted by Crippen LogP contribution is -1.88. The highest BCUT2D eigenvalue weighted by molar-refractivity contribution is 5.38. The Morgan fingerprint density at radius 1 is 1.43 bits per heavy atom. The molecule has 2 heterocycles. The quantitative estimate of drug-likeness (QED) is 0.571. The molecule has 0 N–H and O–H groups in total. The Balaban J connectivity index is 2.46. The first-order chi connectivity index (χ1) is 6.92. The van der Waals surface area contributed by atoms with Gasteiger partial charge in [0.05, 0.1) is 18.7 Å². The zero-order chi connectivity index (χ0) is 9.80. The predicted octanol–water partition coefficient (Wildman–Crippen LogP) is 0.994. The van der Waals surface area contributed by atoms with Gasteiger partial charge in [0.2, 0.25) is 5.78 Å². The number of hydrogen-bond donors (Lipinski definition) is 0. The summed E-state index contributed by atoms with van der Waals surface area (Å²) in [6.07, 6.45) is 5.39. The Labute approximate surface area is 80.8 Å². The van der Waals surface area contributed by atoms with Crippen LogP contribution in [-0.2, 0) is 0 Å². The van der Waals surface area contributed by atoms with Crippen LogP contribution in [0.5, 0.6) is 0 Å². The van der Waals surface area contributed by atoms with Gasteiger partial charge in [-0.05, 0) is 12.0 Å². The van der Waals surface area contributed by atoms with Crippen LogP contribution in [0.3, 0.4) is 0 Å². The molecule has 2 aromatic heterocycles. The molecule has 0 amide bonds. The van der Waals surface area contributed by atoms with Crippen molar-refractivity contribution < 1.29 is 0 Å². The van der Waals surface area contributed by atoms with Crippen molar-refractivity contribution in [2.45, 2.75) is 6.42 Å². The van der Waals surface area contributed by atoms with Crippen molar-refractivity contribution in [2.24, 2.45) is 0 Å². The van der Waals surface area contributed by atoms with Gasteiger partial charge in [0.25, 0.3) is 0 Å². The monoisotopic (exact) mass is 182 g/mol. The minimum Gasteiger partial charge on any atom is -0.277 e. The number of rotatable bonds is 0. The van der Waals surface area contributed by atoms with Crippen LogP contribution < -0.4 is 0 Å². The minimum atomic E-state index is 0.230. The average Bonchev–Trinajstić information content (AvgIpc) is 2.63. The van der Waals surface area contributed by atoms with Crippen LogP contribution in [-0.4, -0.2) is 14.4 Å². The first-order valence-electron chi connectivity index (χ1n) is 4.06. The second-order valence-corrected chi connectivity index (χ2v) is 2.57. The van der Waals surface area contributed by atoms with Crippen molar-refractivity contribution in [1.82, 2.24) is 14.4 Å². The van der Waals surface area contributed by atoms with Gasteiger partial charge in [0, 0.05) is 12.4 Å². The van der Waals surface area contributed by atoms with E-state index in [1.165, 1.54) is 0 Å². The molecule has 0 spiro atoms. The highest BCUT2D eigenvalue weighted by atomic mass is 15.1. The normalized spacial score (nSPS) is 9.07. The Morgan fingerprint density at radius 3 is 3.21 bits per heavy atom. The van der Waals surface area contributed by atoms with E-state index in [0.29, 0.717) is 5.78 Å². The van der Waals surface area contributed by atoms with Crippen molar-refractivity contribution in [1.29, 1.82) is 5.26 Å². The summed E-state index contributed by atoms with van der Waals surface area (Å²) in [5, 5.41) is 8.32. The first-order valence-corrected chi connectivity index (χ1v) is 4.06. The van der Waals surface area contributed by atoms with E-state index in [9.17, 15) is 0 Å². The van der Waals surface area contributed by atoms with E-state index >= 15 is 0 Å². The van der Waals surface area contributed by atoms with Crippen molar-refractivity contribution in [3.63, 3.8) is 0 Å². The van der Waals surface area contributed by atoms with Gasteiger partial charge in [-0.3, -0.25) is 4.40 Å². The van der Waals surface area contributed by atoms with E-state index in [1.807, 2.05) is 18.3 Å². The van der Waals surface area contributed by atoms with Gasteiger partial charge < -0.3 is 0 Å². The molecule has 0 aliphatic rings. The fraction of sp³-hybridized carbons (Fsp3) is 0.100. The molecule has 2 aromatic rings. The SMILES string of the molecule is N#CCC#Cc1cnc2ncccn12. The van der Waals surface area contributed by atoms with Gasteiger partial charge in [-0.25, -0.2) is 9.97 Å². The lowest BCUT2D eigenvalue weighted by Gasteiger charge is -1.90. The van der Waals surface area contributed by atoms with E-state index in [4.69, 9.17) is 5.26 Å². The second kappa shape index (κ2) is 3.59. The molecule has 14 heavy (non-hydrogen) atoms. The molecule has 0 aromatic carbocycles. The largest absolute Gasteiger partial charge is 0.277 e. The Bertz CT molecular complexity index is 550. The number of nitriles is 1. The topological polar surface area (TPSA) is 54.0 Å². The van der Waals surface area contributed by atoms with Gasteiger partial charge in [-0.1, -0.05) is 5.92 Å². The molecule has 4 nitrogen and oxygen atoms in total. The molecule has 0 saturated carbocycles. The van der Waals surface area contributed by atoms with E-state index in [0.717, 1.165) is 5.69 Å². The summed E-state index contributed by atoms with van der Waals surface area (Å²) in [7, 11) is 0. The lowest BCUT2D eigenvalue weighted by atomic mass is 10.4. The Kier molecular flexibility index (Phi) is 2.12. The van der Waals surface area contributed by atoms with Gasteiger partial charge in [0.1, 0.15) is 5.69 Å². The fourth-order valence-corrected chi connectivity index (χ4v) is 1.09. The summed E-state index contributed by atoms with van der Waals surface area (Å²) in [5.41, 5.74) is 0.753. The van der Waals surface area contributed by atoms with Crippen molar-refractivity contribution in [3.8, 4) is 17.9 Å². The molecule has 0 fully saturated rings. The van der Waals surface area contributed by atoms with Gasteiger partial charge in [-0.2, -0.15) is 5.26 Å². The van der Waals surface area contributed by atoms with Gasteiger partial charge >= 0.3 is 0 Å². The maximum Gasteiger partial charge on any atom is 0.234 e. The van der Waals surface area contributed by atoms with E-state index < -0.39 is 0 Å². The summed E-state index contributed by atoms with van der Waals surface area (Å²) in [6.45, 7) is 0. The van der Waals surface area contributed by atoms with Crippen LogP contribution in [0.2, 0.25) is 0 Å². The van der Waals surface area contributed by atoms with Crippen LogP contribution in [0.4, 0.5) is 0 Å². The van der Waals surface area contributed by atoms with Gasteiger partial charge in [-0.15, -0.1) is 0 Å². The predicted molar refractivity (Wildman–Crippen MR) is 50.1 cm³/mol. The molecule has 0 aliphatic heterocycles. The second-order valence-electron chi connectivity index (χ2n) is 2.57. The van der Waals surface area contributed by atoms with Crippen LogP contribution in [0.25, 0.3) is 5.78 Å². The molecular formula is C10H6N4. The zero-order valence-corrected chi connectivity index (χ0v) is 7.31. The number of aromatic nitrogens is 3. The lowest BCUT2D eigenvalue weighted by molar-refractivity contribution is 1.09. The number of fused-ring (bicyclic) bond motifs is 1. The summed E-state index contributed by atoms with van der Waals surface area (Å²) >= 11 is 0. The average molecular weight is 182 g/mol.